The fraction of sp³-hybridized carbons (Fsp3) is 0.400. The quantitative estimate of drug-likeness (QED) is 0.745. The van der Waals surface area contributed by atoms with E-state index >= 15 is 0 Å². The van der Waals surface area contributed by atoms with Crippen molar-refractivity contribution in [2.75, 3.05) is 6.54 Å². The minimum atomic E-state index is -0.148. The van der Waals surface area contributed by atoms with Crippen LogP contribution in [0.5, 0.6) is 0 Å². The van der Waals surface area contributed by atoms with E-state index < -0.39 is 0 Å². The standard InChI is InChI=1S/C10H13NO.ClH/c12-10-7-11-9(10)6-8-4-2-1-3-5-8;/h1-5,9-12H,6-7H2;1H/t9-,10+;/m1./s1. The van der Waals surface area contributed by atoms with Gasteiger partial charge in [0.2, 0.25) is 0 Å². The maximum Gasteiger partial charge on any atom is 0.0820 e. The van der Waals surface area contributed by atoms with E-state index in [0.29, 0.717) is 0 Å². The van der Waals surface area contributed by atoms with Crippen LogP contribution in [0.25, 0.3) is 0 Å². The maximum absolute atomic E-state index is 9.31. The summed E-state index contributed by atoms with van der Waals surface area (Å²) in [6, 6.07) is 10.5. The molecule has 2 N–H and O–H groups in total. The first-order valence-corrected chi connectivity index (χ1v) is 4.31. The Morgan fingerprint density at radius 2 is 2.00 bits per heavy atom. The van der Waals surface area contributed by atoms with Crippen LogP contribution in [0.15, 0.2) is 30.3 Å². The summed E-state index contributed by atoms with van der Waals surface area (Å²) < 4.78 is 0. The van der Waals surface area contributed by atoms with Crippen molar-refractivity contribution in [3.05, 3.63) is 35.9 Å². The van der Waals surface area contributed by atoms with E-state index in [2.05, 4.69) is 17.4 Å². The number of hydrogen-bond donors (Lipinski definition) is 2. The summed E-state index contributed by atoms with van der Waals surface area (Å²) >= 11 is 0. The predicted molar refractivity (Wildman–Crippen MR) is 55.2 cm³/mol. The molecule has 0 saturated carbocycles. The third kappa shape index (κ3) is 2.44. The van der Waals surface area contributed by atoms with Crippen molar-refractivity contribution in [3.8, 4) is 0 Å². The first-order valence-electron chi connectivity index (χ1n) is 4.31. The molecular formula is C10H14ClNO. The molecular weight excluding hydrogens is 186 g/mol. The monoisotopic (exact) mass is 199 g/mol. The fourth-order valence-corrected chi connectivity index (χ4v) is 1.47. The van der Waals surface area contributed by atoms with Gasteiger partial charge in [-0.3, -0.25) is 0 Å². The van der Waals surface area contributed by atoms with Crippen LogP contribution in [-0.2, 0) is 6.42 Å². The van der Waals surface area contributed by atoms with E-state index in [1.165, 1.54) is 5.56 Å². The third-order valence-electron chi connectivity index (χ3n) is 2.35. The topological polar surface area (TPSA) is 32.3 Å². The van der Waals surface area contributed by atoms with Crippen molar-refractivity contribution in [1.82, 2.24) is 5.32 Å². The van der Waals surface area contributed by atoms with Crippen molar-refractivity contribution in [1.29, 1.82) is 0 Å². The van der Waals surface area contributed by atoms with E-state index in [9.17, 15) is 5.11 Å². The molecule has 2 atom stereocenters. The molecule has 1 fully saturated rings. The van der Waals surface area contributed by atoms with Gasteiger partial charge >= 0.3 is 0 Å². The fourth-order valence-electron chi connectivity index (χ4n) is 1.47. The Labute approximate surface area is 84.4 Å². The Hall–Kier alpha value is -0.570. The van der Waals surface area contributed by atoms with Crippen LogP contribution in [0.2, 0.25) is 0 Å². The number of rotatable bonds is 2. The number of β-amino-alcohol motifs (C(OH)–C–C–N with tert-alkyl or cyclic N) is 1. The van der Waals surface area contributed by atoms with Gasteiger partial charge in [0.25, 0.3) is 0 Å². The van der Waals surface area contributed by atoms with Crippen molar-refractivity contribution in [2.24, 2.45) is 0 Å². The zero-order valence-electron chi connectivity index (χ0n) is 7.31. The lowest BCUT2D eigenvalue weighted by atomic mass is 9.96. The minimum absolute atomic E-state index is 0. The van der Waals surface area contributed by atoms with E-state index in [-0.39, 0.29) is 24.6 Å². The second-order valence-corrected chi connectivity index (χ2v) is 3.27. The number of benzene rings is 1. The van der Waals surface area contributed by atoms with Gasteiger partial charge in [0.05, 0.1) is 6.10 Å². The van der Waals surface area contributed by atoms with Crippen LogP contribution in [0.4, 0.5) is 0 Å². The molecule has 0 spiro atoms. The average Bonchev–Trinajstić information content (AvgIpc) is 2.14. The summed E-state index contributed by atoms with van der Waals surface area (Å²) in [4.78, 5) is 0. The number of aliphatic hydroxyl groups excluding tert-OH is 1. The summed E-state index contributed by atoms with van der Waals surface area (Å²) in [5, 5.41) is 12.5. The molecule has 0 aromatic heterocycles. The molecule has 0 radical (unpaired) electrons. The second-order valence-electron chi connectivity index (χ2n) is 3.27. The molecule has 0 bridgehead atoms. The average molecular weight is 200 g/mol. The van der Waals surface area contributed by atoms with E-state index in [4.69, 9.17) is 0 Å². The SMILES string of the molecule is Cl.O[C@H]1CN[C@@H]1Cc1ccccc1. The zero-order chi connectivity index (χ0) is 8.39. The Balaban J connectivity index is 0.000000845. The summed E-state index contributed by atoms with van der Waals surface area (Å²) in [6.07, 6.45) is 0.785. The highest BCUT2D eigenvalue weighted by Crippen LogP contribution is 2.10. The lowest BCUT2D eigenvalue weighted by molar-refractivity contribution is 0.0616. The van der Waals surface area contributed by atoms with Crippen molar-refractivity contribution >= 4 is 12.4 Å². The smallest absolute Gasteiger partial charge is 0.0820 e. The zero-order valence-corrected chi connectivity index (χ0v) is 8.13. The van der Waals surface area contributed by atoms with Crippen LogP contribution in [0.3, 0.4) is 0 Å². The molecule has 0 amide bonds. The summed E-state index contributed by atoms with van der Waals surface area (Å²) in [6.45, 7) is 0.748. The van der Waals surface area contributed by atoms with Crippen LogP contribution in [0.1, 0.15) is 5.56 Å². The Kier molecular flexibility index (Phi) is 3.72. The molecule has 3 heteroatoms. The molecule has 1 aromatic carbocycles. The van der Waals surface area contributed by atoms with Gasteiger partial charge < -0.3 is 10.4 Å². The van der Waals surface area contributed by atoms with E-state index in [0.717, 1.165) is 13.0 Å². The normalized spacial score (nSPS) is 25.9. The van der Waals surface area contributed by atoms with Gasteiger partial charge in [-0.25, -0.2) is 0 Å². The van der Waals surface area contributed by atoms with Crippen molar-refractivity contribution in [2.45, 2.75) is 18.6 Å². The van der Waals surface area contributed by atoms with Gasteiger partial charge in [-0.05, 0) is 12.0 Å². The lowest BCUT2D eigenvalue weighted by Crippen LogP contribution is -2.58. The third-order valence-corrected chi connectivity index (χ3v) is 2.35. The summed E-state index contributed by atoms with van der Waals surface area (Å²) in [5.74, 6) is 0. The first-order chi connectivity index (χ1) is 5.86. The highest BCUT2D eigenvalue weighted by molar-refractivity contribution is 5.85. The highest BCUT2D eigenvalue weighted by Gasteiger charge is 2.27. The highest BCUT2D eigenvalue weighted by atomic mass is 35.5. The first kappa shape index (κ1) is 10.5. The molecule has 13 heavy (non-hydrogen) atoms. The molecule has 0 unspecified atom stereocenters. The molecule has 2 nitrogen and oxygen atoms in total. The largest absolute Gasteiger partial charge is 0.390 e. The Morgan fingerprint density at radius 3 is 2.46 bits per heavy atom. The molecule has 1 aromatic rings. The van der Waals surface area contributed by atoms with Gasteiger partial charge in [0, 0.05) is 12.6 Å². The van der Waals surface area contributed by atoms with Gasteiger partial charge in [-0.2, -0.15) is 0 Å². The van der Waals surface area contributed by atoms with E-state index in [1.807, 2.05) is 18.2 Å². The molecule has 1 aliphatic heterocycles. The van der Waals surface area contributed by atoms with Crippen LogP contribution in [0, 0.1) is 0 Å². The Bertz CT molecular complexity index is 252. The molecule has 1 aliphatic rings. The molecule has 1 heterocycles. The lowest BCUT2D eigenvalue weighted by Gasteiger charge is -2.34. The number of aliphatic hydroxyl groups is 1. The Morgan fingerprint density at radius 1 is 1.31 bits per heavy atom. The van der Waals surface area contributed by atoms with Gasteiger partial charge in [-0.15, -0.1) is 12.4 Å². The molecule has 72 valence electrons. The van der Waals surface area contributed by atoms with Gasteiger partial charge in [0.1, 0.15) is 0 Å². The maximum atomic E-state index is 9.31. The van der Waals surface area contributed by atoms with Crippen LogP contribution in [-0.4, -0.2) is 23.8 Å². The van der Waals surface area contributed by atoms with Gasteiger partial charge in [0.15, 0.2) is 0 Å². The second kappa shape index (κ2) is 4.61. The number of halogens is 1. The summed E-state index contributed by atoms with van der Waals surface area (Å²) in [7, 11) is 0. The van der Waals surface area contributed by atoms with Gasteiger partial charge in [-0.1, -0.05) is 30.3 Å². The van der Waals surface area contributed by atoms with Crippen molar-refractivity contribution in [3.63, 3.8) is 0 Å². The summed E-state index contributed by atoms with van der Waals surface area (Å²) in [5.41, 5.74) is 1.29. The molecule has 0 aliphatic carbocycles. The molecule has 2 rings (SSSR count). The number of hydrogen-bond acceptors (Lipinski definition) is 2. The molecule has 1 saturated heterocycles. The van der Waals surface area contributed by atoms with Crippen LogP contribution >= 0.6 is 12.4 Å². The van der Waals surface area contributed by atoms with Crippen molar-refractivity contribution < 1.29 is 5.11 Å². The number of nitrogens with one attached hydrogen (secondary N) is 1. The predicted octanol–water partition coefficient (Wildman–Crippen LogP) is 0.984. The van der Waals surface area contributed by atoms with E-state index in [1.54, 1.807) is 0 Å². The minimum Gasteiger partial charge on any atom is -0.390 e. The van der Waals surface area contributed by atoms with Crippen LogP contribution < -0.4 is 5.32 Å².